The average Bonchev–Trinajstić information content (AvgIpc) is 2.82. The zero-order valence-corrected chi connectivity index (χ0v) is 18.3. The number of alkyl halides is 2. The maximum Gasteiger partial charge on any atom is 0.387 e. The maximum atomic E-state index is 12.8. The number of ether oxygens (including phenoxy) is 4. The van der Waals surface area contributed by atoms with Gasteiger partial charge in [0.05, 0.1) is 36.6 Å². The quantitative estimate of drug-likeness (QED) is 0.534. The van der Waals surface area contributed by atoms with Gasteiger partial charge in [0.2, 0.25) is 0 Å². The fraction of sp³-hybridized carbons (Fsp3) is 0.261. The van der Waals surface area contributed by atoms with E-state index in [4.69, 9.17) is 14.2 Å². The fourth-order valence-corrected chi connectivity index (χ4v) is 3.22. The third-order valence-corrected chi connectivity index (χ3v) is 4.76. The summed E-state index contributed by atoms with van der Waals surface area (Å²) in [5, 5.41) is 5.15. The van der Waals surface area contributed by atoms with E-state index >= 15 is 0 Å². The van der Waals surface area contributed by atoms with Crippen molar-refractivity contribution in [2.75, 3.05) is 20.3 Å². The van der Waals surface area contributed by atoms with Crippen molar-refractivity contribution < 1.29 is 42.1 Å². The van der Waals surface area contributed by atoms with Gasteiger partial charge >= 0.3 is 24.6 Å². The van der Waals surface area contributed by atoms with Gasteiger partial charge in [-0.05, 0) is 48.9 Å². The van der Waals surface area contributed by atoms with Crippen LogP contribution in [-0.4, -0.2) is 44.9 Å². The number of rotatable bonds is 9. The van der Waals surface area contributed by atoms with E-state index in [0.29, 0.717) is 11.3 Å². The Balaban J connectivity index is 1.84. The van der Waals surface area contributed by atoms with Gasteiger partial charge in [-0.2, -0.15) is 8.78 Å². The van der Waals surface area contributed by atoms with Gasteiger partial charge in [-0.3, -0.25) is 0 Å². The Kier molecular flexibility index (Phi) is 8.01. The van der Waals surface area contributed by atoms with E-state index in [1.807, 2.05) is 0 Å². The van der Waals surface area contributed by atoms with Gasteiger partial charge in [0.25, 0.3) is 0 Å². The van der Waals surface area contributed by atoms with Crippen LogP contribution in [0.25, 0.3) is 0 Å². The molecule has 11 heteroatoms. The van der Waals surface area contributed by atoms with Crippen LogP contribution in [0.5, 0.6) is 11.5 Å². The van der Waals surface area contributed by atoms with E-state index < -0.39 is 37.2 Å². The molecule has 0 bridgehead atoms. The van der Waals surface area contributed by atoms with Crippen molar-refractivity contribution in [3.05, 3.63) is 70.9 Å². The molecule has 2 N–H and O–H groups in total. The summed E-state index contributed by atoms with van der Waals surface area (Å²) in [5.41, 5.74) is 0.762. The van der Waals surface area contributed by atoms with Crippen molar-refractivity contribution in [2.24, 2.45) is 0 Å². The molecule has 2 aromatic rings. The highest BCUT2D eigenvalue weighted by Crippen LogP contribution is 2.29. The summed E-state index contributed by atoms with van der Waals surface area (Å²) in [6.07, 6.45) is 0. The highest BCUT2D eigenvalue weighted by atomic mass is 19.3. The molecular weight excluding hydrogens is 454 g/mol. The van der Waals surface area contributed by atoms with Crippen molar-refractivity contribution in [1.29, 1.82) is 0 Å². The molecule has 0 fully saturated rings. The van der Waals surface area contributed by atoms with E-state index in [0.717, 1.165) is 0 Å². The molecular formula is C23H22F2N2O7. The Morgan fingerprint density at radius 1 is 0.971 bits per heavy atom. The van der Waals surface area contributed by atoms with Crippen LogP contribution in [0.2, 0.25) is 0 Å². The summed E-state index contributed by atoms with van der Waals surface area (Å²) in [6, 6.07) is 10.1. The number of carbonyl (C=O) groups is 3. The van der Waals surface area contributed by atoms with Gasteiger partial charge < -0.3 is 29.6 Å². The maximum absolute atomic E-state index is 12.8. The molecule has 1 unspecified atom stereocenters. The third kappa shape index (κ3) is 6.00. The lowest BCUT2D eigenvalue weighted by Crippen LogP contribution is -2.47. The summed E-state index contributed by atoms with van der Waals surface area (Å²) in [7, 11) is 1.51. The second-order valence-electron chi connectivity index (χ2n) is 6.90. The minimum Gasteiger partial charge on any atom is -0.497 e. The Bertz CT molecular complexity index is 1070. The van der Waals surface area contributed by atoms with E-state index in [1.165, 1.54) is 31.4 Å². The number of benzene rings is 2. The Morgan fingerprint density at radius 2 is 1.62 bits per heavy atom. The molecule has 0 spiro atoms. The SMILES string of the molecule is CCOC(=O)C1=C(COC(=O)c2ccc(OC(F)F)cc2)NC(=O)NC1c1ccc(OC)cc1. The van der Waals surface area contributed by atoms with Crippen molar-refractivity contribution in [3.8, 4) is 11.5 Å². The van der Waals surface area contributed by atoms with Gasteiger partial charge in [-0.15, -0.1) is 0 Å². The minimum absolute atomic E-state index is 0.0500. The van der Waals surface area contributed by atoms with E-state index in [2.05, 4.69) is 15.4 Å². The number of carbonyl (C=O) groups excluding carboxylic acids is 3. The predicted molar refractivity (Wildman–Crippen MR) is 114 cm³/mol. The fourth-order valence-electron chi connectivity index (χ4n) is 3.22. The number of halogens is 2. The van der Waals surface area contributed by atoms with Crippen LogP contribution in [0, 0.1) is 0 Å². The highest BCUT2D eigenvalue weighted by Gasteiger charge is 2.34. The van der Waals surface area contributed by atoms with E-state index in [-0.39, 0.29) is 29.2 Å². The summed E-state index contributed by atoms with van der Waals surface area (Å²) >= 11 is 0. The zero-order chi connectivity index (χ0) is 24.7. The van der Waals surface area contributed by atoms with Crippen LogP contribution in [0.15, 0.2) is 59.8 Å². The van der Waals surface area contributed by atoms with Crippen LogP contribution in [-0.2, 0) is 14.3 Å². The Hall–Kier alpha value is -4.15. The first-order valence-corrected chi connectivity index (χ1v) is 10.2. The first-order chi connectivity index (χ1) is 16.3. The van der Waals surface area contributed by atoms with Crippen LogP contribution in [0.3, 0.4) is 0 Å². The second-order valence-corrected chi connectivity index (χ2v) is 6.90. The Morgan fingerprint density at radius 3 is 2.21 bits per heavy atom. The summed E-state index contributed by atoms with van der Waals surface area (Å²) in [4.78, 5) is 37.5. The Labute approximate surface area is 193 Å². The molecule has 0 saturated heterocycles. The summed E-state index contributed by atoms with van der Waals surface area (Å²) in [5.74, 6) is -1.03. The molecule has 0 radical (unpaired) electrons. The average molecular weight is 476 g/mol. The summed E-state index contributed by atoms with van der Waals surface area (Å²) < 4.78 is 44.4. The van der Waals surface area contributed by atoms with Crippen molar-refractivity contribution in [2.45, 2.75) is 19.6 Å². The molecule has 0 aromatic heterocycles. The molecule has 0 aliphatic carbocycles. The largest absolute Gasteiger partial charge is 0.497 e. The first-order valence-electron chi connectivity index (χ1n) is 10.2. The molecule has 1 atom stereocenters. The molecule has 1 aliphatic heterocycles. The minimum atomic E-state index is -2.99. The third-order valence-electron chi connectivity index (χ3n) is 4.76. The number of amides is 2. The molecule has 3 rings (SSSR count). The van der Waals surface area contributed by atoms with Gasteiger partial charge in [0.15, 0.2) is 0 Å². The van der Waals surface area contributed by atoms with Crippen LogP contribution >= 0.6 is 0 Å². The first kappa shape index (κ1) is 24.5. The lowest BCUT2D eigenvalue weighted by atomic mass is 9.95. The van der Waals surface area contributed by atoms with Gasteiger partial charge in [-0.1, -0.05) is 12.1 Å². The number of hydrogen-bond donors (Lipinski definition) is 2. The lowest BCUT2D eigenvalue weighted by Gasteiger charge is -2.29. The predicted octanol–water partition coefficient (Wildman–Crippen LogP) is 3.32. The molecule has 1 heterocycles. The van der Waals surface area contributed by atoms with Crippen molar-refractivity contribution >= 4 is 18.0 Å². The number of methoxy groups -OCH3 is 1. The molecule has 9 nitrogen and oxygen atoms in total. The number of nitrogens with one attached hydrogen (secondary N) is 2. The number of hydrogen-bond acceptors (Lipinski definition) is 7. The molecule has 2 amide bonds. The standard InChI is InChI=1S/C23H22F2N2O7/c1-3-32-21(29)18-17(12-33-20(28)14-6-10-16(11-7-14)34-22(24)25)26-23(30)27-19(18)13-4-8-15(31-2)9-5-13/h4-11,19,22H,3,12H2,1-2H3,(H2,26,27,30). The van der Waals surface area contributed by atoms with Crippen LogP contribution < -0.4 is 20.1 Å². The highest BCUT2D eigenvalue weighted by molar-refractivity contribution is 5.95. The normalized spacial score (nSPS) is 15.3. The van der Waals surface area contributed by atoms with Crippen molar-refractivity contribution in [1.82, 2.24) is 10.6 Å². The number of esters is 2. The molecule has 34 heavy (non-hydrogen) atoms. The molecule has 1 aliphatic rings. The summed E-state index contributed by atoms with van der Waals surface area (Å²) in [6.45, 7) is -1.71. The van der Waals surface area contributed by atoms with E-state index in [9.17, 15) is 23.2 Å². The van der Waals surface area contributed by atoms with Crippen LogP contribution in [0.1, 0.15) is 28.9 Å². The molecule has 180 valence electrons. The van der Waals surface area contributed by atoms with Crippen molar-refractivity contribution in [3.63, 3.8) is 0 Å². The van der Waals surface area contributed by atoms with E-state index in [1.54, 1.807) is 31.2 Å². The number of urea groups is 1. The molecule has 2 aromatic carbocycles. The lowest BCUT2D eigenvalue weighted by molar-refractivity contribution is -0.139. The van der Waals surface area contributed by atoms with Gasteiger partial charge in [0.1, 0.15) is 18.1 Å². The smallest absolute Gasteiger partial charge is 0.387 e. The second kappa shape index (κ2) is 11.1. The van der Waals surface area contributed by atoms with Crippen LogP contribution in [0.4, 0.5) is 13.6 Å². The van der Waals surface area contributed by atoms with Gasteiger partial charge in [0, 0.05) is 0 Å². The van der Waals surface area contributed by atoms with Gasteiger partial charge in [-0.25, -0.2) is 14.4 Å². The topological polar surface area (TPSA) is 112 Å². The monoisotopic (exact) mass is 476 g/mol. The molecule has 0 saturated carbocycles. The zero-order valence-electron chi connectivity index (χ0n) is 18.3.